The molecule has 1 N–H and O–H groups in total. The number of pyridine rings is 1. The fraction of sp³-hybridized carbons (Fsp3) is 0.261. The van der Waals surface area contributed by atoms with Crippen LogP contribution in [0.2, 0.25) is 0 Å². The van der Waals surface area contributed by atoms with Crippen LogP contribution >= 0.6 is 0 Å². The van der Waals surface area contributed by atoms with E-state index in [1.165, 1.54) is 30.5 Å². The number of carboxylic acid groups (broad SMARTS) is 1. The van der Waals surface area contributed by atoms with Crippen LogP contribution in [0, 0.1) is 11.7 Å². The molecule has 0 bridgehead atoms. The normalized spacial score (nSPS) is 18.0. The van der Waals surface area contributed by atoms with E-state index >= 15 is 0 Å². The van der Waals surface area contributed by atoms with Crippen molar-refractivity contribution in [1.82, 2.24) is 15.0 Å². The summed E-state index contributed by atoms with van der Waals surface area (Å²) in [5.41, 5.74) is 0.552. The van der Waals surface area contributed by atoms with Gasteiger partial charge in [-0.25, -0.2) is 19.3 Å². The van der Waals surface area contributed by atoms with Crippen LogP contribution in [0.3, 0.4) is 0 Å². The highest BCUT2D eigenvalue weighted by atomic mass is 19.1. The van der Waals surface area contributed by atoms with Gasteiger partial charge in [0.1, 0.15) is 17.3 Å². The van der Waals surface area contributed by atoms with Crippen molar-refractivity contribution in [2.75, 3.05) is 29.4 Å². The molecule has 4 heterocycles. The topological polar surface area (TPSA) is 118 Å². The van der Waals surface area contributed by atoms with Crippen molar-refractivity contribution >= 4 is 23.5 Å². The Balaban J connectivity index is 1.16. The summed E-state index contributed by atoms with van der Waals surface area (Å²) >= 11 is 0. The van der Waals surface area contributed by atoms with Gasteiger partial charge < -0.3 is 24.4 Å². The molecule has 1 aromatic carbocycles. The van der Waals surface area contributed by atoms with Crippen LogP contribution in [0.25, 0.3) is 0 Å². The minimum Gasteiger partial charge on any atom is -0.481 e. The molecule has 0 radical (unpaired) electrons. The van der Waals surface area contributed by atoms with Crippen molar-refractivity contribution in [1.29, 1.82) is 0 Å². The summed E-state index contributed by atoms with van der Waals surface area (Å²) < 4.78 is 24.4. The zero-order valence-corrected chi connectivity index (χ0v) is 17.9. The van der Waals surface area contributed by atoms with Crippen LogP contribution in [0.1, 0.15) is 6.42 Å². The number of benzene rings is 1. The molecule has 2 aromatic heterocycles. The van der Waals surface area contributed by atoms with Crippen LogP contribution in [0.15, 0.2) is 55.0 Å². The quantitative estimate of drug-likeness (QED) is 0.561. The third-order valence-corrected chi connectivity index (χ3v) is 5.63. The van der Waals surface area contributed by atoms with Gasteiger partial charge in [0.15, 0.2) is 6.10 Å². The van der Waals surface area contributed by atoms with Crippen molar-refractivity contribution in [2.45, 2.75) is 12.5 Å². The highest BCUT2D eigenvalue weighted by Gasteiger charge is 2.36. The molecule has 34 heavy (non-hydrogen) atoms. The Morgan fingerprint density at radius 2 is 1.71 bits per heavy atom. The summed E-state index contributed by atoms with van der Waals surface area (Å²) in [5.74, 6) is -0.171. The van der Waals surface area contributed by atoms with Crippen molar-refractivity contribution in [2.24, 2.45) is 5.92 Å². The van der Waals surface area contributed by atoms with Gasteiger partial charge in [-0.15, -0.1) is 0 Å². The molecule has 1 atom stereocenters. The van der Waals surface area contributed by atoms with E-state index < -0.39 is 18.0 Å². The standard InChI is InChI=1S/C23H20FN5O5/c24-15-1-3-17(4-2-15)34-20-6-5-18(11-25-20)33-19-7-8-29(21(19)30)16-9-26-23(27-10-16)28-12-14(13-28)22(31)32/h1-6,9-11,14,19H,7-8,12-13H2,(H,31,32)/t19-/m1/s1. The monoisotopic (exact) mass is 465 g/mol. The SMILES string of the molecule is O=C(O)C1CN(c2ncc(N3CC[C@@H](Oc4ccc(Oc5ccc(F)cc5)nc4)C3=O)cn2)C1. The lowest BCUT2D eigenvalue weighted by molar-refractivity contribution is -0.142. The molecule has 3 aromatic rings. The van der Waals surface area contributed by atoms with E-state index in [9.17, 15) is 14.0 Å². The molecule has 0 aliphatic carbocycles. The number of rotatable bonds is 7. The zero-order chi connectivity index (χ0) is 23.7. The number of halogens is 1. The summed E-state index contributed by atoms with van der Waals surface area (Å²) in [7, 11) is 0. The molecular formula is C23H20FN5O5. The largest absolute Gasteiger partial charge is 0.481 e. The van der Waals surface area contributed by atoms with Crippen LogP contribution in [-0.4, -0.2) is 57.7 Å². The average Bonchev–Trinajstić information content (AvgIpc) is 3.16. The van der Waals surface area contributed by atoms with Gasteiger partial charge in [-0.2, -0.15) is 0 Å². The predicted octanol–water partition coefficient (Wildman–Crippen LogP) is 2.51. The number of carbonyl (C=O) groups is 2. The van der Waals surface area contributed by atoms with Crippen LogP contribution in [0.4, 0.5) is 16.0 Å². The maximum atomic E-state index is 13.0. The number of aliphatic carboxylic acids is 1. The first kappa shape index (κ1) is 21.6. The minimum absolute atomic E-state index is 0.210. The third-order valence-electron chi connectivity index (χ3n) is 5.63. The first-order chi connectivity index (χ1) is 16.5. The van der Waals surface area contributed by atoms with Gasteiger partial charge in [-0.05, 0) is 30.3 Å². The molecule has 2 aliphatic heterocycles. The van der Waals surface area contributed by atoms with E-state index in [2.05, 4.69) is 15.0 Å². The summed E-state index contributed by atoms with van der Waals surface area (Å²) in [6, 6.07) is 8.84. The summed E-state index contributed by atoms with van der Waals surface area (Å²) in [5, 5.41) is 8.98. The molecule has 1 amide bonds. The lowest BCUT2D eigenvalue weighted by atomic mass is 10.0. The maximum Gasteiger partial charge on any atom is 0.310 e. The molecule has 2 fully saturated rings. The molecule has 174 valence electrons. The number of carboxylic acids is 1. The average molecular weight is 465 g/mol. The third kappa shape index (κ3) is 4.45. The van der Waals surface area contributed by atoms with Crippen LogP contribution < -0.4 is 19.3 Å². The smallest absolute Gasteiger partial charge is 0.310 e. The molecule has 10 nitrogen and oxygen atoms in total. The molecule has 0 spiro atoms. The van der Waals surface area contributed by atoms with E-state index in [0.717, 1.165) is 0 Å². The predicted molar refractivity (Wildman–Crippen MR) is 117 cm³/mol. The summed E-state index contributed by atoms with van der Waals surface area (Å²) in [6.07, 6.45) is 4.39. The maximum absolute atomic E-state index is 13.0. The van der Waals surface area contributed by atoms with Crippen molar-refractivity contribution in [3.05, 3.63) is 60.8 Å². The fourth-order valence-electron chi connectivity index (χ4n) is 3.72. The highest BCUT2D eigenvalue weighted by molar-refractivity contribution is 5.98. The number of nitrogens with zero attached hydrogens (tertiary/aromatic N) is 5. The first-order valence-electron chi connectivity index (χ1n) is 10.6. The minimum atomic E-state index is -0.827. The number of amides is 1. The molecule has 0 saturated carbocycles. The van der Waals surface area contributed by atoms with E-state index in [4.69, 9.17) is 14.6 Å². The van der Waals surface area contributed by atoms with Gasteiger partial charge in [-0.1, -0.05) is 0 Å². The molecule has 5 rings (SSSR count). The lowest BCUT2D eigenvalue weighted by Crippen LogP contribution is -2.51. The van der Waals surface area contributed by atoms with E-state index in [1.54, 1.807) is 34.3 Å². The Labute approximate surface area is 193 Å². The molecule has 11 heteroatoms. The fourth-order valence-corrected chi connectivity index (χ4v) is 3.72. The van der Waals surface area contributed by atoms with Crippen molar-refractivity contribution in [3.8, 4) is 17.4 Å². The molecule has 2 saturated heterocycles. The Bertz CT molecular complexity index is 1180. The second-order valence-corrected chi connectivity index (χ2v) is 7.95. The lowest BCUT2D eigenvalue weighted by Gasteiger charge is -2.36. The van der Waals surface area contributed by atoms with Gasteiger partial charge >= 0.3 is 5.97 Å². The Hall–Kier alpha value is -4.28. The van der Waals surface area contributed by atoms with Gasteiger partial charge in [0.2, 0.25) is 11.8 Å². The Kier molecular flexibility index (Phi) is 5.66. The number of hydrogen-bond donors (Lipinski definition) is 1. The van der Waals surface area contributed by atoms with Gasteiger partial charge in [0, 0.05) is 32.1 Å². The first-order valence-corrected chi connectivity index (χ1v) is 10.6. The summed E-state index contributed by atoms with van der Waals surface area (Å²) in [6.45, 7) is 1.19. The Morgan fingerprint density at radius 3 is 2.35 bits per heavy atom. The molecule has 0 unspecified atom stereocenters. The number of hydrogen-bond acceptors (Lipinski definition) is 8. The number of aromatic nitrogens is 3. The summed E-state index contributed by atoms with van der Waals surface area (Å²) in [4.78, 5) is 39.8. The van der Waals surface area contributed by atoms with Crippen LogP contribution in [-0.2, 0) is 9.59 Å². The molecular weight excluding hydrogens is 445 g/mol. The second-order valence-electron chi connectivity index (χ2n) is 7.95. The number of anilines is 2. The van der Waals surface area contributed by atoms with Gasteiger partial charge in [0.25, 0.3) is 5.91 Å². The zero-order valence-electron chi connectivity index (χ0n) is 17.9. The van der Waals surface area contributed by atoms with E-state index in [0.29, 0.717) is 55.1 Å². The van der Waals surface area contributed by atoms with E-state index in [-0.39, 0.29) is 11.7 Å². The van der Waals surface area contributed by atoms with Crippen molar-refractivity contribution < 1.29 is 28.6 Å². The van der Waals surface area contributed by atoms with Crippen LogP contribution in [0.5, 0.6) is 17.4 Å². The van der Waals surface area contributed by atoms with E-state index in [1.807, 2.05) is 0 Å². The van der Waals surface area contributed by atoms with Gasteiger partial charge in [-0.3, -0.25) is 9.59 Å². The second kappa shape index (κ2) is 8.93. The number of ether oxygens (including phenoxy) is 2. The van der Waals surface area contributed by atoms with Gasteiger partial charge in [0.05, 0.1) is 30.2 Å². The Morgan fingerprint density at radius 1 is 1.00 bits per heavy atom. The molecule has 2 aliphatic rings. The number of carbonyl (C=O) groups excluding carboxylic acids is 1. The highest BCUT2D eigenvalue weighted by Crippen LogP contribution is 2.27. The van der Waals surface area contributed by atoms with Crippen molar-refractivity contribution in [3.63, 3.8) is 0 Å².